The van der Waals surface area contributed by atoms with Crippen LogP contribution in [0.25, 0.3) is 22.7 Å². The Bertz CT molecular complexity index is 968. The van der Waals surface area contributed by atoms with Gasteiger partial charge in [0.2, 0.25) is 5.89 Å². The van der Waals surface area contributed by atoms with Crippen LogP contribution in [0.3, 0.4) is 0 Å². The van der Waals surface area contributed by atoms with Crippen LogP contribution in [0, 0.1) is 24.4 Å². The molecule has 0 amide bonds. The normalized spacial score (nSPS) is 12.2. The Hall–Kier alpha value is -1.79. The van der Waals surface area contributed by atoms with Crippen LogP contribution >= 0.6 is 27.5 Å². The van der Waals surface area contributed by atoms with E-state index in [0.717, 1.165) is 6.07 Å². The number of fused-ring (bicyclic) bond motifs is 1. The molecule has 0 saturated heterocycles. The van der Waals surface area contributed by atoms with E-state index in [1.54, 1.807) is 18.2 Å². The van der Waals surface area contributed by atoms with Crippen LogP contribution in [0.2, 0.25) is 5.02 Å². The van der Waals surface area contributed by atoms with E-state index in [-0.39, 0.29) is 22.3 Å². The minimum atomic E-state index is -1.19. The first-order chi connectivity index (χ1) is 11.4. The molecular weight excluding hydrogens is 407 g/mol. The van der Waals surface area contributed by atoms with E-state index in [1.807, 2.05) is 0 Å². The van der Waals surface area contributed by atoms with Crippen molar-refractivity contribution in [2.75, 3.05) is 5.33 Å². The van der Waals surface area contributed by atoms with Gasteiger partial charge in [-0.1, -0.05) is 27.5 Å². The van der Waals surface area contributed by atoms with Gasteiger partial charge < -0.3 is 4.42 Å². The third-order valence-electron chi connectivity index (χ3n) is 3.50. The number of oxazole rings is 1. The Kier molecular flexibility index (Phi) is 4.69. The summed E-state index contributed by atoms with van der Waals surface area (Å²) in [4.78, 5) is 4.29. The van der Waals surface area contributed by atoms with Crippen LogP contribution in [0.4, 0.5) is 13.2 Å². The number of hydrogen-bond donors (Lipinski definition) is 0. The molecule has 0 radical (unpaired) electrons. The third kappa shape index (κ3) is 3.08. The average Bonchev–Trinajstić information content (AvgIpc) is 2.97. The van der Waals surface area contributed by atoms with Crippen molar-refractivity contribution in [1.29, 1.82) is 0 Å². The van der Waals surface area contributed by atoms with E-state index in [0.29, 0.717) is 21.7 Å². The van der Waals surface area contributed by atoms with Gasteiger partial charge in [-0.3, -0.25) is 0 Å². The Morgan fingerprint density at radius 2 is 2.00 bits per heavy atom. The summed E-state index contributed by atoms with van der Waals surface area (Å²) < 4.78 is 46.7. The maximum Gasteiger partial charge on any atom is 0.224 e. The summed E-state index contributed by atoms with van der Waals surface area (Å²) in [7, 11) is 0. The number of nitrogens with zero attached hydrogens (tertiary/aromatic N) is 1. The molecule has 24 heavy (non-hydrogen) atoms. The van der Waals surface area contributed by atoms with Crippen LogP contribution in [-0.2, 0) is 0 Å². The molecule has 7 heteroatoms. The second-order valence-corrected chi connectivity index (χ2v) is 6.13. The first-order valence-corrected chi connectivity index (χ1v) is 8.37. The lowest BCUT2D eigenvalue weighted by atomic mass is 10.1. The fourth-order valence-corrected chi connectivity index (χ4v) is 2.81. The molecule has 0 aliphatic rings. The SMILES string of the molecule is Cc1c(F)c(F)cc(C=C(CBr)c2nc3cc(Cl)ccc3o2)c1F. The molecule has 1 aromatic heterocycles. The zero-order valence-corrected chi connectivity index (χ0v) is 14.7. The highest BCUT2D eigenvalue weighted by atomic mass is 79.9. The van der Waals surface area contributed by atoms with Crippen molar-refractivity contribution < 1.29 is 17.6 Å². The number of alkyl halides is 1. The number of rotatable bonds is 3. The number of benzene rings is 2. The molecule has 0 unspecified atom stereocenters. The minimum Gasteiger partial charge on any atom is -0.436 e. The van der Waals surface area contributed by atoms with Gasteiger partial charge in [0.05, 0.1) is 0 Å². The maximum absolute atomic E-state index is 14.2. The van der Waals surface area contributed by atoms with Gasteiger partial charge in [0.15, 0.2) is 17.2 Å². The topological polar surface area (TPSA) is 26.0 Å². The Balaban J connectivity index is 2.12. The lowest BCUT2D eigenvalue weighted by Crippen LogP contribution is -1.98. The molecule has 0 atom stereocenters. The van der Waals surface area contributed by atoms with E-state index >= 15 is 0 Å². The highest BCUT2D eigenvalue weighted by molar-refractivity contribution is 9.09. The van der Waals surface area contributed by atoms with Crippen molar-refractivity contribution >= 4 is 50.3 Å². The van der Waals surface area contributed by atoms with Crippen LogP contribution < -0.4 is 0 Å². The highest BCUT2D eigenvalue weighted by Gasteiger charge is 2.16. The number of aromatic nitrogens is 1. The molecule has 2 nitrogen and oxygen atoms in total. The summed E-state index contributed by atoms with van der Waals surface area (Å²) in [6, 6.07) is 5.77. The molecular formula is C17H10BrClF3NO. The highest BCUT2D eigenvalue weighted by Crippen LogP contribution is 2.28. The molecule has 0 spiro atoms. The van der Waals surface area contributed by atoms with Crippen LogP contribution in [0.5, 0.6) is 0 Å². The lowest BCUT2D eigenvalue weighted by Gasteiger charge is -2.05. The molecule has 0 aliphatic carbocycles. The van der Waals surface area contributed by atoms with Crippen molar-refractivity contribution in [1.82, 2.24) is 4.98 Å². The van der Waals surface area contributed by atoms with Gasteiger partial charge in [-0.15, -0.1) is 0 Å². The fourth-order valence-electron chi connectivity index (χ4n) is 2.24. The van der Waals surface area contributed by atoms with Gasteiger partial charge in [-0.25, -0.2) is 18.2 Å². The molecule has 2 aromatic carbocycles. The molecule has 3 rings (SSSR count). The van der Waals surface area contributed by atoms with Crippen molar-refractivity contribution in [3.8, 4) is 0 Å². The predicted octanol–water partition coefficient (Wildman–Crippen LogP) is 6.14. The molecule has 0 fully saturated rings. The summed E-state index contributed by atoms with van der Waals surface area (Å²) in [5.41, 5.74) is 1.08. The Morgan fingerprint density at radius 3 is 2.71 bits per heavy atom. The van der Waals surface area contributed by atoms with Gasteiger partial charge in [0.25, 0.3) is 0 Å². The lowest BCUT2D eigenvalue weighted by molar-refractivity contribution is 0.485. The van der Waals surface area contributed by atoms with Crippen molar-refractivity contribution in [3.63, 3.8) is 0 Å². The largest absolute Gasteiger partial charge is 0.436 e. The minimum absolute atomic E-state index is 0.0823. The summed E-state index contributed by atoms with van der Waals surface area (Å²) in [6.45, 7) is 1.18. The monoisotopic (exact) mass is 415 g/mol. The summed E-state index contributed by atoms with van der Waals surface area (Å²) in [5, 5.41) is 0.791. The second-order valence-electron chi connectivity index (χ2n) is 5.13. The van der Waals surface area contributed by atoms with Gasteiger partial charge >= 0.3 is 0 Å². The molecule has 0 aliphatic heterocycles. The van der Waals surface area contributed by atoms with E-state index in [1.165, 1.54) is 13.0 Å². The van der Waals surface area contributed by atoms with Crippen molar-refractivity contribution in [3.05, 3.63) is 63.8 Å². The van der Waals surface area contributed by atoms with Crippen molar-refractivity contribution in [2.45, 2.75) is 6.92 Å². The van der Waals surface area contributed by atoms with Gasteiger partial charge in [0.1, 0.15) is 11.3 Å². The number of allylic oxidation sites excluding steroid dienone is 1. The predicted molar refractivity (Wildman–Crippen MR) is 91.7 cm³/mol. The van der Waals surface area contributed by atoms with Gasteiger partial charge in [-0.2, -0.15) is 0 Å². The first kappa shape index (κ1) is 17.0. The van der Waals surface area contributed by atoms with Gasteiger partial charge in [0, 0.05) is 27.1 Å². The Morgan fingerprint density at radius 1 is 1.25 bits per heavy atom. The summed E-state index contributed by atoms with van der Waals surface area (Å²) >= 11 is 9.18. The van der Waals surface area contributed by atoms with Crippen LogP contribution in [-0.4, -0.2) is 10.3 Å². The molecule has 0 N–H and O–H groups in total. The summed E-state index contributed by atoms with van der Waals surface area (Å²) in [6.07, 6.45) is 1.37. The van der Waals surface area contributed by atoms with E-state index in [2.05, 4.69) is 20.9 Å². The van der Waals surface area contributed by atoms with Crippen LogP contribution in [0.1, 0.15) is 17.0 Å². The third-order valence-corrected chi connectivity index (χ3v) is 4.34. The Labute approximate surface area is 149 Å². The van der Waals surface area contributed by atoms with Crippen molar-refractivity contribution in [2.24, 2.45) is 0 Å². The zero-order chi connectivity index (χ0) is 17.4. The molecule has 1 heterocycles. The van der Waals surface area contributed by atoms with Gasteiger partial charge in [-0.05, 0) is 37.3 Å². The van der Waals surface area contributed by atoms with E-state index in [9.17, 15) is 13.2 Å². The molecule has 0 bridgehead atoms. The van der Waals surface area contributed by atoms with E-state index in [4.69, 9.17) is 16.0 Å². The fraction of sp³-hybridized carbons (Fsp3) is 0.118. The maximum atomic E-state index is 14.2. The molecule has 0 saturated carbocycles. The zero-order valence-electron chi connectivity index (χ0n) is 12.3. The standard InChI is InChI=1S/C17H10BrClF3NO/c1-8-15(21)9(5-12(20)16(8)22)4-10(7-18)17-23-13-6-11(19)2-3-14(13)24-17/h2-6H,7H2,1H3. The second kappa shape index (κ2) is 6.61. The first-order valence-electron chi connectivity index (χ1n) is 6.87. The molecule has 124 valence electrons. The summed E-state index contributed by atoms with van der Waals surface area (Å²) in [5.74, 6) is -2.89. The van der Waals surface area contributed by atoms with Crippen LogP contribution in [0.15, 0.2) is 28.7 Å². The molecule has 3 aromatic rings. The van der Waals surface area contributed by atoms with E-state index < -0.39 is 17.5 Å². The number of hydrogen-bond acceptors (Lipinski definition) is 2. The average molecular weight is 417 g/mol. The number of halogens is 5. The quantitative estimate of drug-likeness (QED) is 0.378. The smallest absolute Gasteiger partial charge is 0.224 e.